The fourth-order valence-corrected chi connectivity index (χ4v) is 5.03. The number of nitrogens with one attached hydrogen (secondary N) is 1. The van der Waals surface area contributed by atoms with Crippen molar-refractivity contribution in [2.75, 3.05) is 44.2 Å². The molecule has 1 unspecified atom stereocenters. The Hall–Kier alpha value is -1.74. The summed E-state index contributed by atoms with van der Waals surface area (Å²) in [6, 6.07) is 8.13. The highest BCUT2D eigenvalue weighted by Gasteiger charge is 2.30. The average molecular weight is 522 g/mol. The summed E-state index contributed by atoms with van der Waals surface area (Å²) in [5, 5.41) is 8.89. The quantitative estimate of drug-likeness (QED) is 0.423. The summed E-state index contributed by atoms with van der Waals surface area (Å²) in [5.41, 5.74) is 1.89. The number of rotatable bonds is 9. The lowest BCUT2D eigenvalue weighted by molar-refractivity contribution is -0.00629. The van der Waals surface area contributed by atoms with Crippen LogP contribution >= 0.6 is 27.5 Å². The van der Waals surface area contributed by atoms with E-state index in [1.807, 2.05) is 12.1 Å². The number of aromatic nitrogens is 4. The number of anilines is 1. The van der Waals surface area contributed by atoms with E-state index in [0.29, 0.717) is 11.6 Å². The van der Waals surface area contributed by atoms with Gasteiger partial charge in [0, 0.05) is 24.7 Å². The standard InChI is InChI=1S/C23H30BrClN6O/c1-3-30(4-2)13-14-32-20(16-5-7-18(25)8-6-16)17-9-11-31(12-10-17)23-19-21(24)28-29-22(19)26-15-27-23/h5-8,15,17,20H,3-4,9-14H2,1-2H3,(H,26,27,28,29). The van der Waals surface area contributed by atoms with Gasteiger partial charge in [0.15, 0.2) is 5.65 Å². The predicted molar refractivity (Wildman–Crippen MR) is 132 cm³/mol. The summed E-state index contributed by atoms with van der Waals surface area (Å²) >= 11 is 9.69. The van der Waals surface area contributed by atoms with E-state index in [4.69, 9.17) is 16.3 Å². The van der Waals surface area contributed by atoms with Gasteiger partial charge in [0.1, 0.15) is 16.7 Å². The number of piperidine rings is 1. The zero-order valence-corrected chi connectivity index (χ0v) is 20.9. The molecule has 1 aromatic carbocycles. The molecule has 1 saturated heterocycles. The lowest BCUT2D eigenvalue weighted by Crippen LogP contribution is -2.37. The van der Waals surface area contributed by atoms with Crippen molar-refractivity contribution < 1.29 is 4.74 Å². The molecule has 32 heavy (non-hydrogen) atoms. The first-order valence-corrected chi connectivity index (χ1v) is 12.5. The van der Waals surface area contributed by atoms with Crippen molar-refractivity contribution in [3.63, 3.8) is 0 Å². The van der Waals surface area contributed by atoms with Crippen LogP contribution in [0.5, 0.6) is 0 Å². The van der Waals surface area contributed by atoms with Gasteiger partial charge in [0.05, 0.1) is 18.1 Å². The Kier molecular flexibility index (Phi) is 7.99. The maximum atomic E-state index is 6.51. The van der Waals surface area contributed by atoms with Crippen molar-refractivity contribution in [1.29, 1.82) is 0 Å². The van der Waals surface area contributed by atoms with Crippen molar-refractivity contribution >= 4 is 44.4 Å². The number of likely N-dealkylation sites (N-methyl/N-ethyl adjacent to an activating group) is 1. The molecule has 1 atom stereocenters. The molecule has 1 fully saturated rings. The Morgan fingerprint density at radius 2 is 1.91 bits per heavy atom. The molecule has 172 valence electrons. The van der Waals surface area contributed by atoms with E-state index in [1.54, 1.807) is 6.33 Å². The van der Waals surface area contributed by atoms with Gasteiger partial charge < -0.3 is 14.5 Å². The molecule has 3 aromatic rings. The molecule has 0 amide bonds. The second-order valence-electron chi connectivity index (χ2n) is 8.13. The summed E-state index contributed by atoms with van der Waals surface area (Å²) in [6.07, 6.45) is 3.71. The molecule has 0 saturated carbocycles. The molecule has 0 aliphatic carbocycles. The number of halogens is 2. The van der Waals surface area contributed by atoms with Crippen molar-refractivity contribution in [2.45, 2.75) is 32.8 Å². The number of fused-ring (bicyclic) bond motifs is 1. The Labute approximate surface area is 202 Å². The lowest BCUT2D eigenvalue weighted by Gasteiger charge is -2.37. The Bertz CT molecular complexity index is 1000. The van der Waals surface area contributed by atoms with Crippen LogP contribution in [0.4, 0.5) is 5.82 Å². The van der Waals surface area contributed by atoms with E-state index in [2.05, 4.69) is 71.9 Å². The number of ether oxygens (including phenoxy) is 1. The summed E-state index contributed by atoms with van der Waals surface area (Å²) in [4.78, 5) is 13.5. The third-order valence-corrected chi connectivity index (χ3v) is 7.18. The first-order chi connectivity index (χ1) is 15.6. The Balaban J connectivity index is 1.46. The molecule has 3 heterocycles. The van der Waals surface area contributed by atoms with Gasteiger partial charge in [-0.25, -0.2) is 9.97 Å². The normalized spacial score (nSPS) is 16.2. The molecule has 7 nitrogen and oxygen atoms in total. The van der Waals surface area contributed by atoms with E-state index in [0.717, 1.165) is 73.0 Å². The molecular weight excluding hydrogens is 492 g/mol. The van der Waals surface area contributed by atoms with Crippen LogP contribution in [-0.2, 0) is 4.74 Å². The van der Waals surface area contributed by atoms with Crippen LogP contribution in [0.15, 0.2) is 35.2 Å². The largest absolute Gasteiger partial charge is 0.372 e. The summed E-state index contributed by atoms with van der Waals surface area (Å²) < 4.78 is 7.33. The van der Waals surface area contributed by atoms with E-state index < -0.39 is 0 Å². The predicted octanol–water partition coefficient (Wildman–Crippen LogP) is 5.08. The first kappa shape index (κ1) is 23.4. The van der Waals surface area contributed by atoms with Gasteiger partial charge in [0.2, 0.25) is 0 Å². The molecule has 1 aliphatic rings. The topological polar surface area (TPSA) is 70.2 Å². The fourth-order valence-electron chi connectivity index (χ4n) is 4.47. The van der Waals surface area contributed by atoms with Gasteiger partial charge in [-0.1, -0.05) is 37.6 Å². The van der Waals surface area contributed by atoms with Crippen LogP contribution in [0, 0.1) is 5.92 Å². The van der Waals surface area contributed by atoms with Gasteiger partial charge in [-0.3, -0.25) is 5.10 Å². The van der Waals surface area contributed by atoms with Crippen LogP contribution in [0.1, 0.15) is 38.4 Å². The molecule has 1 N–H and O–H groups in total. The number of hydrogen-bond donors (Lipinski definition) is 1. The number of aromatic amines is 1. The molecule has 1 aliphatic heterocycles. The second kappa shape index (κ2) is 10.9. The summed E-state index contributed by atoms with van der Waals surface area (Å²) in [6.45, 7) is 9.97. The highest BCUT2D eigenvalue weighted by Crippen LogP contribution is 2.37. The fraction of sp³-hybridized carbons (Fsp3) is 0.522. The smallest absolute Gasteiger partial charge is 0.187 e. The SMILES string of the molecule is CCN(CC)CCOC(c1ccc(Cl)cc1)C1CCN(c2ncnc3n[nH]c(Br)c23)CC1. The Morgan fingerprint density at radius 3 is 2.59 bits per heavy atom. The lowest BCUT2D eigenvalue weighted by atomic mass is 9.87. The van der Waals surface area contributed by atoms with Crippen molar-refractivity contribution in [3.05, 3.63) is 45.8 Å². The third-order valence-electron chi connectivity index (χ3n) is 6.35. The second-order valence-corrected chi connectivity index (χ2v) is 9.36. The van der Waals surface area contributed by atoms with Gasteiger partial charge in [-0.2, -0.15) is 5.10 Å². The molecule has 9 heteroatoms. The van der Waals surface area contributed by atoms with E-state index in [-0.39, 0.29) is 6.10 Å². The third kappa shape index (κ3) is 5.25. The Morgan fingerprint density at radius 1 is 1.19 bits per heavy atom. The minimum absolute atomic E-state index is 0.0658. The van der Waals surface area contributed by atoms with Gasteiger partial charge in [-0.15, -0.1) is 0 Å². The zero-order chi connectivity index (χ0) is 22.5. The maximum Gasteiger partial charge on any atom is 0.187 e. The maximum absolute atomic E-state index is 6.51. The monoisotopic (exact) mass is 520 g/mol. The molecule has 4 rings (SSSR count). The van der Waals surface area contributed by atoms with Crippen LogP contribution in [0.3, 0.4) is 0 Å². The molecule has 2 aromatic heterocycles. The molecule has 0 bridgehead atoms. The molecule has 0 spiro atoms. The van der Waals surface area contributed by atoms with Crippen LogP contribution in [0.2, 0.25) is 5.02 Å². The number of hydrogen-bond acceptors (Lipinski definition) is 6. The van der Waals surface area contributed by atoms with Gasteiger partial charge in [-0.05, 0) is 65.5 Å². The van der Waals surface area contributed by atoms with Crippen LogP contribution in [-0.4, -0.2) is 64.4 Å². The van der Waals surface area contributed by atoms with Crippen molar-refractivity contribution in [2.24, 2.45) is 5.92 Å². The number of benzene rings is 1. The van der Waals surface area contributed by atoms with Crippen molar-refractivity contribution in [3.8, 4) is 0 Å². The van der Waals surface area contributed by atoms with Crippen LogP contribution in [0.25, 0.3) is 11.0 Å². The van der Waals surface area contributed by atoms with E-state index >= 15 is 0 Å². The molecule has 0 radical (unpaired) electrons. The summed E-state index contributed by atoms with van der Waals surface area (Å²) in [5.74, 6) is 1.37. The van der Waals surface area contributed by atoms with E-state index in [9.17, 15) is 0 Å². The minimum Gasteiger partial charge on any atom is -0.372 e. The van der Waals surface area contributed by atoms with E-state index in [1.165, 1.54) is 5.56 Å². The zero-order valence-electron chi connectivity index (χ0n) is 18.6. The highest BCUT2D eigenvalue weighted by molar-refractivity contribution is 9.10. The van der Waals surface area contributed by atoms with Gasteiger partial charge >= 0.3 is 0 Å². The summed E-state index contributed by atoms with van der Waals surface area (Å²) in [7, 11) is 0. The number of nitrogens with zero attached hydrogens (tertiary/aromatic N) is 5. The minimum atomic E-state index is 0.0658. The van der Waals surface area contributed by atoms with Gasteiger partial charge in [0.25, 0.3) is 0 Å². The van der Waals surface area contributed by atoms with Crippen molar-refractivity contribution in [1.82, 2.24) is 25.1 Å². The highest BCUT2D eigenvalue weighted by atomic mass is 79.9. The average Bonchev–Trinajstić information content (AvgIpc) is 3.21. The first-order valence-electron chi connectivity index (χ1n) is 11.3. The number of H-pyrrole nitrogens is 1. The molecular formula is C23H30BrClN6O. The van der Waals surface area contributed by atoms with Crippen LogP contribution < -0.4 is 4.90 Å².